The lowest BCUT2D eigenvalue weighted by Crippen LogP contribution is -2.37. The Bertz CT molecular complexity index is 1090. The van der Waals surface area contributed by atoms with Gasteiger partial charge in [-0.1, -0.05) is 6.07 Å². The van der Waals surface area contributed by atoms with Crippen LogP contribution < -0.4 is 0 Å². The minimum absolute atomic E-state index is 0.0318. The third-order valence-corrected chi connectivity index (χ3v) is 5.13. The third kappa shape index (κ3) is 3.30. The van der Waals surface area contributed by atoms with E-state index in [-0.39, 0.29) is 6.10 Å². The molecule has 0 spiro atoms. The monoisotopic (exact) mass is 374 g/mol. The van der Waals surface area contributed by atoms with Crippen LogP contribution in [-0.2, 0) is 18.3 Å². The van der Waals surface area contributed by atoms with Gasteiger partial charge in [0.25, 0.3) is 0 Å². The van der Waals surface area contributed by atoms with E-state index in [1.54, 1.807) is 0 Å². The highest BCUT2D eigenvalue weighted by atomic mass is 16.5. The minimum atomic E-state index is -0.0318. The maximum atomic E-state index is 6.06. The van der Waals surface area contributed by atoms with Gasteiger partial charge in [-0.05, 0) is 24.3 Å². The Morgan fingerprint density at radius 3 is 2.86 bits per heavy atom. The number of ether oxygens (including phenoxy) is 1. The molecule has 5 heterocycles. The Labute approximate surface area is 163 Å². The van der Waals surface area contributed by atoms with Crippen molar-refractivity contribution in [2.75, 3.05) is 19.7 Å². The van der Waals surface area contributed by atoms with Crippen molar-refractivity contribution in [2.24, 2.45) is 7.05 Å². The zero-order chi connectivity index (χ0) is 18.9. The molecular formula is C21H22N6O. The summed E-state index contributed by atoms with van der Waals surface area (Å²) in [4.78, 5) is 11.4. The van der Waals surface area contributed by atoms with Crippen LogP contribution >= 0.6 is 0 Å². The minimum Gasteiger partial charge on any atom is -0.369 e. The van der Waals surface area contributed by atoms with E-state index in [1.807, 2.05) is 54.6 Å². The molecule has 1 fully saturated rings. The second kappa shape index (κ2) is 7.18. The summed E-state index contributed by atoms with van der Waals surface area (Å²) >= 11 is 0. The topological polar surface area (TPSA) is 60.5 Å². The average molecular weight is 374 g/mol. The van der Waals surface area contributed by atoms with Gasteiger partial charge in [-0.25, -0.2) is 4.98 Å². The summed E-state index contributed by atoms with van der Waals surface area (Å²) in [6.07, 6.45) is 9.69. The van der Waals surface area contributed by atoms with Gasteiger partial charge < -0.3 is 4.74 Å². The van der Waals surface area contributed by atoms with Crippen molar-refractivity contribution in [3.63, 3.8) is 0 Å². The fraction of sp³-hybridized carbons (Fsp3) is 0.286. The number of aromatic nitrogens is 5. The first-order valence-electron chi connectivity index (χ1n) is 9.46. The van der Waals surface area contributed by atoms with Crippen molar-refractivity contribution in [2.45, 2.75) is 12.6 Å². The first-order valence-corrected chi connectivity index (χ1v) is 9.46. The number of rotatable bonds is 4. The molecule has 1 aliphatic rings. The standard InChI is InChI=1S/C21H22N6O/c1-25-12-16(11-23-25)13-26-9-10-28-20(15-26)18-14-27-19(3-2-4-21(27)24-18)17-5-7-22-8-6-17/h2-8,11-12,14,20H,9-10,13,15H2,1H3/t20-/m0/s1. The summed E-state index contributed by atoms with van der Waals surface area (Å²) in [5.41, 5.74) is 5.34. The second-order valence-electron chi connectivity index (χ2n) is 7.16. The predicted molar refractivity (Wildman–Crippen MR) is 106 cm³/mol. The predicted octanol–water partition coefficient (Wildman–Crippen LogP) is 2.70. The van der Waals surface area contributed by atoms with E-state index in [0.29, 0.717) is 6.61 Å². The molecular weight excluding hydrogens is 352 g/mol. The summed E-state index contributed by atoms with van der Waals surface area (Å²) in [6, 6.07) is 10.2. The van der Waals surface area contributed by atoms with Gasteiger partial charge in [-0.2, -0.15) is 5.10 Å². The summed E-state index contributed by atoms with van der Waals surface area (Å²) in [5, 5.41) is 4.27. The van der Waals surface area contributed by atoms with Gasteiger partial charge in [0.1, 0.15) is 11.8 Å². The van der Waals surface area contributed by atoms with Gasteiger partial charge in [-0.3, -0.25) is 19.0 Å². The Balaban J connectivity index is 1.41. The summed E-state index contributed by atoms with van der Waals surface area (Å²) in [5.74, 6) is 0. The highest BCUT2D eigenvalue weighted by Crippen LogP contribution is 2.26. The number of fused-ring (bicyclic) bond motifs is 1. The van der Waals surface area contributed by atoms with Gasteiger partial charge in [0.15, 0.2) is 0 Å². The number of morpholine rings is 1. The molecule has 28 heavy (non-hydrogen) atoms. The molecule has 0 unspecified atom stereocenters. The Kier molecular flexibility index (Phi) is 4.38. The highest BCUT2D eigenvalue weighted by molar-refractivity contribution is 5.63. The molecule has 142 valence electrons. The van der Waals surface area contributed by atoms with Crippen LogP contribution in [0.1, 0.15) is 17.4 Å². The molecule has 4 aromatic rings. The van der Waals surface area contributed by atoms with Crippen molar-refractivity contribution >= 4 is 5.65 Å². The smallest absolute Gasteiger partial charge is 0.137 e. The average Bonchev–Trinajstić information content (AvgIpc) is 3.34. The van der Waals surface area contributed by atoms with Crippen molar-refractivity contribution < 1.29 is 4.74 Å². The highest BCUT2D eigenvalue weighted by Gasteiger charge is 2.25. The molecule has 5 rings (SSSR count). The number of hydrogen-bond acceptors (Lipinski definition) is 5. The normalized spacial score (nSPS) is 18.0. The van der Waals surface area contributed by atoms with Gasteiger partial charge in [-0.15, -0.1) is 0 Å². The summed E-state index contributed by atoms with van der Waals surface area (Å²) < 4.78 is 10.0. The Hall–Kier alpha value is -3.03. The van der Waals surface area contributed by atoms with E-state index in [4.69, 9.17) is 9.72 Å². The Morgan fingerprint density at radius 2 is 2.04 bits per heavy atom. The number of hydrogen-bond donors (Lipinski definition) is 0. The van der Waals surface area contributed by atoms with Gasteiger partial charge >= 0.3 is 0 Å². The molecule has 1 saturated heterocycles. The SMILES string of the molecule is Cn1cc(CN2CCO[C@H](c3cn4c(-c5ccncc5)cccc4n3)C2)cn1. The largest absolute Gasteiger partial charge is 0.369 e. The van der Waals surface area contributed by atoms with E-state index in [0.717, 1.165) is 42.2 Å². The van der Waals surface area contributed by atoms with Crippen LogP contribution in [0.15, 0.2) is 61.3 Å². The van der Waals surface area contributed by atoms with Crippen molar-refractivity contribution in [3.8, 4) is 11.3 Å². The Morgan fingerprint density at radius 1 is 1.14 bits per heavy atom. The first kappa shape index (κ1) is 17.1. The number of pyridine rings is 2. The third-order valence-electron chi connectivity index (χ3n) is 5.13. The van der Waals surface area contributed by atoms with E-state index >= 15 is 0 Å². The molecule has 1 aliphatic heterocycles. The quantitative estimate of drug-likeness (QED) is 0.550. The number of imidazole rings is 1. The molecule has 1 atom stereocenters. The molecule has 0 bridgehead atoms. The summed E-state index contributed by atoms with van der Waals surface area (Å²) in [6.45, 7) is 3.32. The molecule has 0 amide bonds. The fourth-order valence-corrected chi connectivity index (χ4v) is 3.78. The van der Waals surface area contributed by atoms with Crippen molar-refractivity contribution in [1.82, 2.24) is 29.0 Å². The van der Waals surface area contributed by atoms with Crippen LogP contribution in [0.3, 0.4) is 0 Å². The van der Waals surface area contributed by atoms with Crippen LogP contribution in [-0.4, -0.2) is 48.7 Å². The van der Waals surface area contributed by atoms with Crippen molar-refractivity contribution in [1.29, 1.82) is 0 Å². The zero-order valence-electron chi connectivity index (χ0n) is 15.8. The molecule has 7 nitrogen and oxygen atoms in total. The first-order chi connectivity index (χ1) is 13.8. The van der Waals surface area contributed by atoms with Crippen LogP contribution in [0.2, 0.25) is 0 Å². The second-order valence-corrected chi connectivity index (χ2v) is 7.16. The van der Waals surface area contributed by atoms with Gasteiger partial charge in [0, 0.05) is 62.6 Å². The number of nitrogens with zero attached hydrogens (tertiary/aromatic N) is 6. The maximum absolute atomic E-state index is 6.06. The van der Waals surface area contributed by atoms with Crippen LogP contribution in [0.25, 0.3) is 16.9 Å². The van der Waals surface area contributed by atoms with Gasteiger partial charge in [0.05, 0.1) is 24.2 Å². The van der Waals surface area contributed by atoms with E-state index in [1.165, 1.54) is 5.56 Å². The molecule has 4 aromatic heterocycles. The number of aryl methyl sites for hydroxylation is 1. The molecule has 0 radical (unpaired) electrons. The van der Waals surface area contributed by atoms with E-state index < -0.39 is 0 Å². The van der Waals surface area contributed by atoms with Crippen LogP contribution in [0.4, 0.5) is 0 Å². The fourth-order valence-electron chi connectivity index (χ4n) is 3.78. The lowest BCUT2D eigenvalue weighted by Gasteiger charge is -2.31. The lowest BCUT2D eigenvalue weighted by molar-refractivity contribution is -0.0347. The molecule has 7 heteroatoms. The zero-order valence-corrected chi connectivity index (χ0v) is 15.8. The van der Waals surface area contributed by atoms with Crippen LogP contribution in [0.5, 0.6) is 0 Å². The summed E-state index contributed by atoms with van der Waals surface area (Å²) in [7, 11) is 1.95. The van der Waals surface area contributed by atoms with Crippen LogP contribution in [0, 0.1) is 0 Å². The molecule has 0 aromatic carbocycles. The molecule has 0 N–H and O–H groups in total. The maximum Gasteiger partial charge on any atom is 0.137 e. The van der Waals surface area contributed by atoms with E-state index in [9.17, 15) is 0 Å². The van der Waals surface area contributed by atoms with Crippen molar-refractivity contribution in [3.05, 3.63) is 72.6 Å². The van der Waals surface area contributed by atoms with E-state index in [2.05, 4.69) is 37.8 Å². The molecule has 0 aliphatic carbocycles. The van der Waals surface area contributed by atoms with Gasteiger partial charge in [0.2, 0.25) is 0 Å². The molecule has 0 saturated carbocycles. The lowest BCUT2D eigenvalue weighted by atomic mass is 10.2.